The molecule has 162 valence electrons. The smallest absolute Gasteiger partial charge is 0.332 e. The molecule has 5 aromatic rings. The minimum atomic E-state index is -0.494. The molecule has 4 aromatic heterocycles. The summed E-state index contributed by atoms with van der Waals surface area (Å²) in [6, 6.07) is 4.96. The van der Waals surface area contributed by atoms with Gasteiger partial charge in [-0.1, -0.05) is 23.2 Å². The summed E-state index contributed by atoms with van der Waals surface area (Å²) in [5.74, 6) is 0.834. The first-order valence-electron chi connectivity index (χ1n) is 9.27. The van der Waals surface area contributed by atoms with Crippen LogP contribution >= 0.6 is 23.2 Å². The number of aromatic nitrogens is 8. The van der Waals surface area contributed by atoms with E-state index in [2.05, 4.69) is 20.2 Å². The van der Waals surface area contributed by atoms with Gasteiger partial charge in [-0.2, -0.15) is 4.98 Å². The number of hydrogen-bond donors (Lipinski definition) is 0. The first kappa shape index (κ1) is 20.2. The largest absolute Gasteiger partial charge is 0.419 e. The van der Waals surface area contributed by atoms with Gasteiger partial charge in [-0.15, -0.1) is 10.2 Å². The number of aryl methyl sites for hydroxylation is 1. The molecule has 0 N–H and O–H groups in total. The highest BCUT2D eigenvalue weighted by molar-refractivity contribution is 6.42. The average Bonchev–Trinajstić information content (AvgIpc) is 3.53. The van der Waals surface area contributed by atoms with Crippen molar-refractivity contribution < 1.29 is 4.42 Å². The molecule has 32 heavy (non-hydrogen) atoms. The molecule has 0 unspecified atom stereocenters. The van der Waals surface area contributed by atoms with Crippen LogP contribution in [-0.4, -0.2) is 38.4 Å². The number of fused-ring (bicyclic) bond motifs is 1. The van der Waals surface area contributed by atoms with Gasteiger partial charge < -0.3 is 4.42 Å². The molecule has 11 nitrogen and oxygen atoms in total. The summed E-state index contributed by atoms with van der Waals surface area (Å²) in [6.07, 6.45) is 4.79. The van der Waals surface area contributed by atoms with Crippen molar-refractivity contribution in [2.75, 3.05) is 0 Å². The third-order valence-corrected chi connectivity index (χ3v) is 5.73. The predicted molar refractivity (Wildman–Crippen MR) is 116 cm³/mol. The van der Waals surface area contributed by atoms with E-state index in [1.165, 1.54) is 17.9 Å². The number of imidazole rings is 2. The molecule has 0 fully saturated rings. The molecule has 0 radical (unpaired) electrons. The van der Waals surface area contributed by atoms with Crippen LogP contribution in [0.2, 0.25) is 10.0 Å². The fraction of sp³-hybridized carbons (Fsp3) is 0.158. The fourth-order valence-corrected chi connectivity index (χ4v) is 3.66. The summed E-state index contributed by atoms with van der Waals surface area (Å²) in [4.78, 5) is 33.9. The van der Waals surface area contributed by atoms with Crippen LogP contribution in [0.15, 0.2) is 50.9 Å². The molecule has 0 atom stereocenters. The van der Waals surface area contributed by atoms with Gasteiger partial charge in [0.2, 0.25) is 17.7 Å². The molecule has 0 aliphatic rings. The lowest BCUT2D eigenvalue weighted by atomic mass is 10.2. The Labute approximate surface area is 189 Å². The van der Waals surface area contributed by atoms with Gasteiger partial charge in [-0.05, 0) is 18.2 Å². The second kappa shape index (κ2) is 7.46. The molecule has 0 aliphatic carbocycles. The van der Waals surface area contributed by atoms with E-state index in [0.29, 0.717) is 21.6 Å². The molecule has 4 heterocycles. The Hall–Kier alpha value is -3.70. The summed E-state index contributed by atoms with van der Waals surface area (Å²) < 4.78 is 11.4. The molecule has 5 rings (SSSR count). The molecule has 0 saturated heterocycles. The SMILES string of the molecule is Cn1c(=O)c2c(nc(-n3ccnc3)n2Cc2nnc(-c3ccc(Cl)c(Cl)c3)o2)n(C)c1=O. The van der Waals surface area contributed by atoms with Crippen molar-refractivity contribution >= 4 is 34.4 Å². The second-order valence-corrected chi connectivity index (χ2v) is 7.79. The lowest BCUT2D eigenvalue weighted by molar-refractivity contribution is 0.488. The van der Waals surface area contributed by atoms with E-state index in [-0.39, 0.29) is 29.5 Å². The van der Waals surface area contributed by atoms with Crippen molar-refractivity contribution in [1.82, 2.24) is 38.4 Å². The molecule has 0 saturated carbocycles. The van der Waals surface area contributed by atoms with Crippen LogP contribution in [-0.2, 0) is 20.6 Å². The third-order valence-electron chi connectivity index (χ3n) is 4.99. The Bertz CT molecular complexity index is 1590. The van der Waals surface area contributed by atoms with Gasteiger partial charge in [0.05, 0.1) is 10.0 Å². The molecular weight excluding hydrogens is 459 g/mol. The van der Waals surface area contributed by atoms with Gasteiger partial charge in [-0.25, -0.2) is 9.78 Å². The number of benzene rings is 1. The van der Waals surface area contributed by atoms with Gasteiger partial charge in [-0.3, -0.25) is 23.1 Å². The summed E-state index contributed by atoms with van der Waals surface area (Å²) in [6.45, 7) is 0.0335. The van der Waals surface area contributed by atoms with Crippen LogP contribution in [0.25, 0.3) is 28.6 Å². The van der Waals surface area contributed by atoms with Crippen molar-refractivity contribution in [2.24, 2.45) is 14.1 Å². The van der Waals surface area contributed by atoms with Crippen LogP contribution < -0.4 is 11.2 Å². The highest BCUT2D eigenvalue weighted by Crippen LogP contribution is 2.28. The van der Waals surface area contributed by atoms with Gasteiger partial charge in [0.1, 0.15) is 12.9 Å². The Morgan fingerprint density at radius 3 is 2.59 bits per heavy atom. The highest BCUT2D eigenvalue weighted by Gasteiger charge is 2.22. The molecular formula is C19H14Cl2N8O3. The zero-order valence-corrected chi connectivity index (χ0v) is 18.2. The predicted octanol–water partition coefficient (Wildman–Crippen LogP) is 2.02. The van der Waals surface area contributed by atoms with Crippen LogP contribution in [0.5, 0.6) is 0 Å². The van der Waals surface area contributed by atoms with Crippen molar-refractivity contribution in [2.45, 2.75) is 6.54 Å². The summed E-state index contributed by atoms with van der Waals surface area (Å²) in [5.41, 5.74) is 0.0654. The molecule has 0 aliphatic heterocycles. The molecule has 0 bridgehead atoms. The second-order valence-electron chi connectivity index (χ2n) is 6.98. The first-order chi connectivity index (χ1) is 15.3. The average molecular weight is 473 g/mol. The molecule has 0 amide bonds. The van der Waals surface area contributed by atoms with E-state index in [4.69, 9.17) is 27.6 Å². The van der Waals surface area contributed by atoms with Crippen molar-refractivity contribution in [3.05, 3.63) is 73.7 Å². The first-order valence-corrected chi connectivity index (χ1v) is 10.0. The minimum absolute atomic E-state index is 0.0335. The molecule has 1 aromatic carbocycles. The molecule has 0 spiro atoms. The van der Waals surface area contributed by atoms with E-state index < -0.39 is 11.2 Å². The van der Waals surface area contributed by atoms with E-state index in [0.717, 1.165) is 4.57 Å². The maximum Gasteiger partial charge on any atom is 0.332 e. The van der Waals surface area contributed by atoms with E-state index in [1.54, 1.807) is 46.8 Å². The Morgan fingerprint density at radius 2 is 1.88 bits per heavy atom. The van der Waals surface area contributed by atoms with Gasteiger partial charge in [0, 0.05) is 32.1 Å². The van der Waals surface area contributed by atoms with Crippen LogP contribution in [0.3, 0.4) is 0 Å². The topological polar surface area (TPSA) is 119 Å². The normalized spacial score (nSPS) is 11.5. The van der Waals surface area contributed by atoms with E-state index >= 15 is 0 Å². The number of nitrogens with zero attached hydrogens (tertiary/aromatic N) is 8. The summed E-state index contributed by atoms with van der Waals surface area (Å²) in [5, 5.41) is 8.94. The standard InChI is InChI=1S/C19H14Cl2N8O3/c1-26-15-14(17(30)27(2)19(26)31)29(18(23-15)28-6-5-22-9-28)8-13-24-25-16(32-13)10-3-4-11(20)12(21)7-10/h3-7,9H,8H2,1-2H3. The summed E-state index contributed by atoms with van der Waals surface area (Å²) in [7, 11) is 2.96. The maximum absolute atomic E-state index is 13.0. The Kier molecular flexibility index (Phi) is 4.72. The van der Waals surface area contributed by atoms with E-state index in [1.807, 2.05) is 0 Å². The minimum Gasteiger partial charge on any atom is -0.419 e. The number of hydrogen-bond acceptors (Lipinski definition) is 7. The fourth-order valence-electron chi connectivity index (χ4n) is 3.36. The van der Waals surface area contributed by atoms with Crippen molar-refractivity contribution in [3.63, 3.8) is 0 Å². The Morgan fingerprint density at radius 1 is 1.06 bits per heavy atom. The zero-order chi connectivity index (χ0) is 22.6. The Balaban J connectivity index is 1.67. The third kappa shape index (κ3) is 3.13. The van der Waals surface area contributed by atoms with Crippen LogP contribution in [0.4, 0.5) is 0 Å². The lowest BCUT2D eigenvalue weighted by Gasteiger charge is -2.07. The molecule has 13 heteroatoms. The van der Waals surface area contributed by atoms with Crippen molar-refractivity contribution in [1.29, 1.82) is 0 Å². The van der Waals surface area contributed by atoms with E-state index in [9.17, 15) is 9.59 Å². The van der Waals surface area contributed by atoms with Crippen LogP contribution in [0, 0.1) is 0 Å². The van der Waals surface area contributed by atoms with Gasteiger partial charge >= 0.3 is 5.69 Å². The highest BCUT2D eigenvalue weighted by atomic mass is 35.5. The monoisotopic (exact) mass is 472 g/mol. The van der Waals surface area contributed by atoms with Gasteiger partial charge in [0.25, 0.3) is 5.56 Å². The maximum atomic E-state index is 13.0. The number of halogens is 2. The zero-order valence-electron chi connectivity index (χ0n) is 16.7. The van der Waals surface area contributed by atoms with Crippen LogP contribution in [0.1, 0.15) is 5.89 Å². The van der Waals surface area contributed by atoms with Gasteiger partial charge in [0.15, 0.2) is 11.2 Å². The summed E-state index contributed by atoms with van der Waals surface area (Å²) >= 11 is 12.1. The van der Waals surface area contributed by atoms with Crippen molar-refractivity contribution in [3.8, 4) is 17.4 Å². The lowest BCUT2D eigenvalue weighted by Crippen LogP contribution is -2.37. The number of rotatable bonds is 4. The quantitative estimate of drug-likeness (QED) is 0.392.